The monoisotopic (exact) mass is 451 g/mol. The average Bonchev–Trinajstić information content (AvgIpc) is 3.46. The van der Waals surface area contributed by atoms with Crippen LogP contribution in [-0.4, -0.2) is 44.3 Å². The molecule has 0 bridgehead atoms. The number of hydrogen-bond acceptors (Lipinski definition) is 5. The summed E-state index contributed by atoms with van der Waals surface area (Å²) in [4.78, 5) is 30.3. The zero-order valence-corrected chi connectivity index (χ0v) is 18.3. The van der Waals surface area contributed by atoms with Gasteiger partial charge >= 0.3 is 0 Å². The van der Waals surface area contributed by atoms with E-state index < -0.39 is 5.91 Å². The maximum atomic E-state index is 13.4. The summed E-state index contributed by atoms with van der Waals surface area (Å²) in [6.45, 7) is 3.42. The van der Waals surface area contributed by atoms with Gasteiger partial charge in [0.05, 0.1) is 23.7 Å². The molecule has 1 N–H and O–H groups in total. The molecule has 9 heteroatoms. The molecule has 0 aliphatic carbocycles. The number of hydrogen-bond donors (Lipinski definition) is 1. The van der Waals surface area contributed by atoms with Crippen LogP contribution < -0.4 is 10.9 Å². The standard InChI is InChI=1S/C23H22ClN5O3/c1-14-4-9-18-19(11-14)28(13-15-5-7-16(24)8-6-15)23(31)21-26-20(27-29(18)21)22(30)25-12-17-3-2-10-32-17/h4-9,11,17H,2-3,10,12-13H2,1H3,(H,25,30). The summed E-state index contributed by atoms with van der Waals surface area (Å²) in [5.41, 5.74) is 3.15. The largest absolute Gasteiger partial charge is 0.376 e. The Morgan fingerprint density at radius 1 is 1.22 bits per heavy atom. The molecule has 164 valence electrons. The maximum Gasteiger partial charge on any atom is 0.296 e. The highest BCUT2D eigenvalue weighted by atomic mass is 35.5. The average molecular weight is 452 g/mol. The molecular formula is C23H22ClN5O3. The first-order valence-corrected chi connectivity index (χ1v) is 10.9. The van der Waals surface area contributed by atoms with Gasteiger partial charge in [-0.1, -0.05) is 29.8 Å². The van der Waals surface area contributed by atoms with E-state index in [0.717, 1.165) is 24.0 Å². The zero-order valence-electron chi connectivity index (χ0n) is 17.5. The van der Waals surface area contributed by atoms with Crippen LogP contribution >= 0.6 is 11.6 Å². The highest BCUT2D eigenvalue weighted by Gasteiger charge is 2.21. The van der Waals surface area contributed by atoms with E-state index in [9.17, 15) is 9.59 Å². The Kier molecular flexibility index (Phi) is 5.40. The summed E-state index contributed by atoms with van der Waals surface area (Å²) in [5, 5.41) is 7.81. The number of halogens is 1. The van der Waals surface area contributed by atoms with Crippen LogP contribution in [0.25, 0.3) is 16.7 Å². The topological polar surface area (TPSA) is 90.5 Å². The number of fused-ring (bicyclic) bond motifs is 3. The van der Waals surface area contributed by atoms with Crippen LogP contribution in [0.4, 0.5) is 0 Å². The third-order valence-electron chi connectivity index (χ3n) is 5.66. The van der Waals surface area contributed by atoms with Gasteiger partial charge in [0.1, 0.15) is 0 Å². The molecule has 1 amide bonds. The predicted octanol–water partition coefficient (Wildman–Crippen LogP) is 2.96. The van der Waals surface area contributed by atoms with E-state index in [0.29, 0.717) is 35.8 Å². The fourth-order valence-electron chi connectivity index (χ4n) is 3.99. The van der Waals surface area contributed by atoms with Gasteiger partial charge in [0, 0.05) is 18.2 Å². The number of amides is 1. The van der Waals surface area contributed by atoms with Crippen LogP contribution in [0.2, 0.25) is 5.02 Å². The number of carbonyl (C=O) groups excluding carboxylic acids is 1. The Labute approximate surface area is 188 Å². The first kappa shape index (κ1) is 20.7. The van der Waals surface area contributed by atoms with E-state index in [1.54, 1.807) is 16.7 Å². The second-order valence-electron chi connectivity index (χ2n) is 8.03. The molecule has 1 atom stereocenters. The Hall–Kier alpha value is -3.23. The summed E-state index contributed by atoms with van der Waals surface area (Å²) in [6, 6.07) is 13.1. The maximum absolute atomic E-state index is 13.4. The van der Waals surface area contributed by atoms with Crippen LogP contribution in [0.3, 0.4) is 0 Å². The number of rotatable bonds is 5. The molecule has 4 aromatic rings. The minimum Gasteiger partial charge on any atom is -0.376 e. The second kappa shape index (κ2) is 8.37. The Morgan fingerprint density at radius 3 is 2.78 bits per heavy atom. The molecule has 1 aliphatic heterocycles. The van der Waals surface area contributed by atoms with E-state index in [1.165, 1.54) is 4.52 Å². The lowest BCUT2D eigenvalue weighted by atomic mass is 10.2. The third kappa shape index (κ3) is 3.87. The SMILES string of the molecule is Cc1ccc2c(c1)n(Cc1ccc(Cl)cc1)c(=O)c1nc(C(=O)NCC3CCCO3)nn12. The van der Waals surface area contributed by atoms with Gasteiger partial charge in [-0.15, -0.1) is 5.10 Å². The lowest BCUT2D eigenvalue weighted by Crippen LogP contribution is -2.32. The van der Waals surface area contributed by atoms with Crippen LogP contribution in [0.1, 0.15) is 34.6 Å². The quantitative estimate of drug-likeness (QED) is 0.503. The predicted molar refractivity (Wildman–Crippen MR) is 121 cm³/mol. The molecule has 1 saturated heterocycles. The van der Waals surface area contributed by atoms with Crippen LogP contribution in [-0.2, 0) is 11.3 Å². The first-order chi connectivity index (χ1) is 15.5. The van der Waals surface area contributed by atoms with Crippen molar-refractivity contribution in [2.45, 2.75) is 32.4 Å². The molecule has 0 spiro atoms. The zero-order chi connectivity index (χ0) is 22.2. The van der Waals surface area contributed by atoms with Crippen molar-refractivity contribution in [3.63, 3.8) is 0 Å². The summed E-state index contributed by atoms with van der Waals surface area (Å²) < 4.78 is 8.65. The van der Waals surface area contributed by atoms with Gasteiger partial charge < -0.3 is 10.1 Å². The minimum atomic E-state index is -0.423. The molecule has 0 saturated carbocycles. The smallest absolute Gasteiger partial charge is 0.296 e. The number of benzene rings is 2. The molecule has 2 aromatic heterocycles. The summed E-state index contributed by atoms with van der Waals surface area (Å²) in [7, 11) is 0. The molecule has 3 heterocycles. The van der Waals surface area contributed by atoms with E-state index in [4.69, 9.17) is 16.3 Å². The lowest BCUT2D eigenvalue weighted by Gasteiger charge is -2.12. The Morgan fingerprint density at radius 2 is 2.03 bits per heavy atom. The Balaban J connectivity index is 1.57. The fraction of sp³-hybridized carbons (Fsp3) is 0.304. The van der Waals surface area contributed by atoms with Gasteiger partial charge in [0.2, 0.25) is 11.5 Å². The van der Waals surface area contributed by atoms with Gasteiger partial charge in [-0.3, -0.25) is 14.2 Å². The molecule has 1 aliphatic rings. The van der Waals surface area contributed by atoms with Gasteiger partial charge in [0.25, 0.3) is 11.5 Å². The highest BCUT2D eigenvalue weighted by molar-refractivity contribution is 6.30. The van der Waals surface area contributed by atoms with Gasteiger partial charge in [-0.25, -0.2) is 4.52 Å². The fourth-order valence-corrected chi connectivity index (χ4v) is 4.12. The van der Waals surface area contributed by atoms with Crippen molar-refractivity contribution in [1.82, 2.24) is 24.5 Å². The molecule has 0 radical (unpaired) electrons. The second-order valence-corrected chi connectivity index (χ2v) is 8.46. The first-order valence-electron chi connectivity index (χ1n) is 10.5. The van der Waals surface area contributed by atoms with E-state index in [-0.39, 0.29) is 23.1 Å². The molecule has 32 heavy (non-hydrogen) atoms. The van der Waals surface area contributed by atoms with Crippen LogP contribution in [0.5, 0.6) is 0 Å². The highest BCUT2D eigenvalue weighted by Crippen LogP contribution is 2.18. The molecule has 5 rings (SSSR count). The van der Waals surface area contributed by atoms with Crippen molar-refractivity contribution in [2.75, 3.05) is 13.2 Å². The van der Waals surface area contributed by atoms with E-state index in [2.05, 4.69) is 15.4 Å². The van der Waals surface area contributed by atoms with Crippen molar-refractivity contribution < 1.29 is 9.53 Å². The number of nitrogens with one attached hydrogen (secondary N) is 1. The van der Waals surface area contributed by atoms with Crippen LogP contribution in [0, 0.1) is 6.92 Å². The molecule has 1 fully saturated rings. The number of nitrogens with zero attached hydrogens (tertiary/aromatic N) is 4. The number of aryl methyl sites for hydroxylation is 1. The van der Waals surface area contributed by atoms with Crippen molar-refractivity contribution in [3.05, 3.63) is 74.8 Å². The van der Waals surface area contributed by atoms with Crippen molar-refractivity contribution >= 4 is 34.2 Å². The lowest BCUT2D eigenvalue weighted by molar-refractivity contribution is 0.0849. The summed E-state index contributed by atoms with van der Waals surface area (Å²) >= 11 is 6.00. The summed E-state index contributed by atoms with van der Waals surface area (Å²) in [6.07, 6.45) is 1.92. The van der Waals surface area contributed by atoms with Gasteiger partial charge in [-0.2, -0.15) is 4.98 Å². The Bertz CT molecular complexity index is 1370. The normalized spacial score (nSPS) is 16.1. The molecule has 8 nitrogen and oxygen atoms in total. The molecule has 2 aromatic carbocycles. The van der Waals surface area contributed by atoms with E-state index >= 15 is 0 Å². The van der Waals surface area contributed by atoms with E-state index in [1.807, 2.05) is 37.3 Å². The van der Waals surface area contributed by atoms with Crippen LogP contribution in [0.15, 0.2) is 47.3 Å². The van der Waals surface area contributed by atoms with Gasteiger partial charge in [-0.05, 0) is 55.2 Å². The van der Waals surface area contributed by atoms with Gasteiger partial charge in [0.15, 0.2) is 0 Å². The molecule has 1 unspecified atom stereocenters. The minimum absolute atomic E-state index is 0.0105. The summed E-state index contributed by atoms with van der Waals surface area (Å²) in [5.74, 6) is -0.459. The third-order valence-corrected chi connectivity index (χ3v) is 5.92. The van der Waals surface area contributed by atoms with Crippen molar-refractivity contribution in [2.24, 2.45) is 0 Å². The van der Waals surface area contributed by atoms with Crippen molar-refractivity contribution in [3.8, 4) is 0 Å². The number of aromatic nitrogens is 4. The van der Waals surface area contributed by atoms with Crippen molar-refractivity contribution in [1.29, 1.82) is 0 Å². The molecular weight excluding hydrogens is 430 g/mol. The number of ether oxygens (including phenoxy) is 1. The number of carbonyl (C=O) groups is 1.